The first-order valence-electron chi connectivity index (χ1n) is 7.68. The average molecular weight is 414 g/mol. The molecule has 0 N–H and O–H groups in total. The highest BCUT2D eigenvalue weighted by Crippen LogP contribution is 2.48. The lowest BCUT2D eigenvalue weighted by Gasteiger charge is -2.32. The number of amides is 1. The Morgan fingerprint density at radius 2 is 1.93 bits per heavy atom. The molecule has 7 nitrogen and oxygen atoms in total. The molecular weight excluding hydrogens is 404 g/mol. The van der Waals surface area contributed by atoms with Gasteiger partial charge in [-0.1, -0.05) is 18.3 Å². The van der Waals surface area contributed by atoms with Crippen LogP contribution in [0.2, 0.25) is 0 Å². The van der Waals surface area contributed by atoms with Crippen molar-refractivity contribution in [3.05, 3.63) is 48.4 Å². The van der Waals surface area contributed by atoms with E-state index in [2.05, 4.69) is 26.0 Å². The Balaban J connectivity index is 1.67. The number of rotatable bonds is 1. The predicted octanol–water partition coefficient (Wildman–Crippen LogP) is 3.93. The van der Waals surface area contributed by atoms with Crippen molar-refractivity contribution in [2.24, 2.45) is 4.99 Å². The fourth-order valence-corrected chi connectivity index (χ4v) is 3.34. The number of aromatic nitrogens is 2. The summed E-state index contributed by atoms with van der Waals surface area (Å²) in [7, 11) is 0. The molecule has 1 fully saturated rings. The molecule has 0 atom stereocenters. The number of hydrogen-bond acceptors (Lipinski definition) is 5. The number of fused-ring (bicyclic) bond motifs is 1. The van der Waals surface area contributed by atoms with Gasteiger partial charge in [0.15, 0.2) is 16.7 Å². The lowest BCUT2D eigenvalue weighted by atomic mass is 10.2. The lowest BCUT2D eigenvalue weighted by molar-refractivity contribution is -0.391. The summed E-state index contributed by atoms with van der Waals surface area (Å²) in [5.41, 5.74) is 0.284. The summed E-state index contributed by atoms with van der Waals surface area (Å²) in [6.45, 7) is 4.04. The smallest absolute Gasteiger partial charge is 0.421 e. The van der Waals surface area contributed by atoms with Crippen molar-refractivity contribution in [3.8, 4) is 11.5 Å². The van der Waals surface area contributed by atoms with Gasteiger partial charge < -0.3 is 14.4 Å². The number of thioether (sulfide) groups is 1. The monoisotopic (exact) mass is 414 g/mol. The first kappa shape index (κ1) is 18.3. The van der Waals surface area contributed by atoms with Crippen LogP contribution in [-0.4, -0.2) is 39.5 Å². The highest BCUT2D eigenvalue weighted by Gasteiger charge is 2.66. The van der Waals surface area contributed by atoms with E-state index in [0.717, 1.165) is 28.5 Å². The predicted molar refractivity (Wildman–Crippen MR) is 92.1 cm³/mol. The quantitative estimate of drug-likeness (QED) is 0.659. The second-order valence-corrected chi connectivity index (χ2v) is 6.89. The van der Waals surface area contributed by atoms with Gasteiger partial charge in [-0.25, -0.2) is 9.78 Å². The van der Waals surface area contributed by atoms with Crippen molar-refractivity contribution in [1.29, 1.82) is 0 Å². The number of carbonyl (C=O) groups excluding carboxylic acids is 1. The van der Waals surface area contributed by atoms with E-state index in [1.807, 2.05) is 0 Å². The summed E-state index contributed by atoms with van der Waals surface area (Å²) in [6.07, 6.45) is -5.51. The largest absolute Gasteiger partial charge is 0.507 e. The highest BCUT2D eigenvalue weighted by atomic mass is 32.2. The molecule has 2 aromatic rings. The van der Waals surface area contributed by atoms with Crippen LogP contribution < -0.4 is 14.4 Å². The van der Waals surface area contributed by atoms with E-state index in [1.54, 1.807) is 0 Å². The number of benzene rings is 1. The van der Waals surface area contributed by atoms with Gasteiger partial charge in [0.1, 0.15) is 6.33 Å². The van der Waals surface area contributed by atoms with Crippen LogP contribution in [-0.2, 0) is 0 Å². The molecular formula is C16H10F4N4O3S. The van der Waals surface area contributed by atoms with Gasteiger partial charge in [0.25, 0.3) is 0 Å². The molecule has 0 bridgehead atoms. The van der Waals surface area contributed by atoms with E-state index in [-0.39, 0.29) is 17.4 Å². The number of carbonyl (C=O) groups is 1. The third-order valence-corrected chi connectivity index (χ3v) is 4.68. The van der Waals surface area contributed by atoms with E-state index < -0.39 is 29.7 Å². The van der Waals surface area contributed by atoms with Crippen LogP contribution in [0.25, 0.3) is 0 Å². The van der Waals surface area contributed by atoms with Gasteiger partial charge >= 0.3 is 18.2 Å². The molecule has 1 aromatic carbocycles. The van der Waals surface area contributed by atoms with Crippen LogP contribution in [0.15, 0.2) is 53.4 Å². The van der Waals surface area contributed by atoms with Crippen molar-refractivity contribution in [2.45, 2.75) is 12.2 Å². The molecule has 0 aliphatic carbocycles. The molecule has 28 heavy (non-hydrogen) atoms. The van der Waals surface area contributed by atoms with Gasteiger partial charge in [-0.3, -0.25) is 4.57 Å². The van der Waals surface area contributed by atoms with Crippen LogP contribution in [0.5, 0.6) is 11.5 Å². The zero-order valence-electron chi connectivity index (χ0n) is 13.8. The zero-order valence-corrected chi connectivity index (χ0v) is 14.6. The number of aliphatic imine (C=N–C) groups is 1. The minimum absolute atomic E-state index is 0.229. The van der Waals surface area contributed by atoms with Gasteiger partial charge in [0, 0.05) is 29.1 Å². The molecule has 4 rings (SSSR count). The standard InChI is InChI=1S/C16H10F4N4O3S/c1-9-7-24(14(28-9)22-13(25)23-5-4-21-8-23)10-2-3-11-12(6-10)27-16(19,20)15(17,18)26-11/h2-6,8H,1,7H2/b22-14-. The summed E-state index contributed by atoms with van der Waals surface area (Å²) in [5, 5.41) is 0.234. The maximum Gasteiger partial charge on any atom is 0.507 e. The molecule has 3 heterocycles. The van der Waals surface area contributed by atoms with Gasteiger partial charge in [-0.2, -0.15) is 22.6 Å². The van der Waals surface area contributed by atoms with Crippen LogP contribution >= 0.6 is 11.8 Å². The van der Waals surface area contributed by atoms with Crippen molar-refractivity contribution in [3.63, 3.8) is 0 Å². The fraction of sp³-hybridized carbons (Fsp3) is 0.188. The van der Waals surface area contributed by atoms with Crippen LogP contribution in [0.1, 0.15) is 0 Å². The van der Waals surface area contributed by atoms with Crippen LogP contribution in [0.3, 0.4) is 0 Å². The molecule has 146 valence electrons. The Bertz CT molecular complexity index is 994. The van der Waals surface area contributed by atoms with Crippen LogP contribution in [0, 0.1) is 0 Å². The van der Waals surface area contributed by atoms with Crippen molar-refractivity contribution >= 4 is 28.6 Å². The molecule has 0 spiro atoms. The second-order valence-electron chi connectivity index (χ2n) is 5.74. The number of alkyl halides is 4. The first-order valence-corrected chi connectivity index (χ1v) is 8.50. The summed E-state index contributed by atoms with van der Waals surface area (Å²) < 4.78 is 62.8. The normalized spacial score (nSPS) is 21.2. The number of halogens is 4. The fourth-order valence-electron chi connectivity index (χ4n) is 2.48. The van der Waals surface area contributed by atoms with Crippen LogP contribution in [0.4, 0.5) is 28.0 Å². The number of ether oxygens (including phenoxy) is 2. The van der Waals surface area contributed by atoms with Gasteiger partial charge in [0.2, 0.25) is 0 Å². The van der Waals surface area contributed by atoms with Crippen molar-refractivity contribution in [1.82, 2.24) is 9.55 Å². The van der Waals surface area contributed by atoms with Gasteiger partial charge in [0.05, 0.1) is 6.54 Å². The van der Waals surface area contributed by atoms with Gasteiger partial charge in [-0.15, -0.1) is 0 Å². The molecule has 1 amide bonds. The summed E-state index contributed by atoms with van der Waals surface area (Å²) in [6, 6.07) is 2.92. The molecule has 0 saturated carbocycles. The summed E-state index contributed by atoms with van der Waals surface area (Å²) >= 11 is 1.12. The Morgan fingerprint density at radius 3 is 2.61 bits per heavy atom. The number of amidine groups is 1. The van der Waals surface area contributed by atoms with E-state index >= 15 is 0 Å². The minimum atomic E-state index is -4.82. The Hall–Kier alpha value is -3.02. The lowest BCUT2D eigenvalue weighted by Crippen LogP contribution is -2.52. The summed E-state index contributed by atoms with van der Waals surface area (Å²) in [4.78, 5) is 22.1. The molecule has 1 aromatic heterocycles. The van der Waals surface area contributed by atoms with E-state index in [4.69, 9.17) is 0 Å². The topological polar surface area (TPSA) is 69.0 Å². The minimum Gasteiger partial charge on any atom is -0.421 e. The van der Waals surface area contributed by atoms with E-state index in [0.29, 0.717) is 4.91 Å². The SMILES string of the molecule is C=C1CN(c2ccc3c(c2)OC(F)(F)C(F)(F)O3)/C(=N/C(=O)n2ccnc2)S1. The molecule has 2 aliphatic heterocycles. The second kappa shape index (κ2) is 6.26. The molecule has 12 heteroatoms. The number of imidazole rings is 1. The molecule has 0 radical (unpaired) electrons. The Kier molecular flexibility index (Phi) is 4.10. The van der Waals surface area contributed by atoms with Crippen molar-refractivity contribution in [2.75, 3.05) is 11.4 Å². The zero-order chi connectivity index (χ0) is 20.1. The molecule has 0 unspecified atom stereocenters. The maximum atomic E-state index is 13.4. The Labute approximate surface area is 159 Å². The number of anilines is 1. The third-order valence-electron chi connectivity index (χ3n) is 3.77. The number of nitrogens with zero attached hydrogens (tertiary/aromatic N) is 4. The number of hydrogen-bond donors (Lipinski definition) is 0. The summed E-state index contributed by atoms with van der Waals surface area (Å²) in [5.74, 6) is -1.09. The first-order chi connectivity index (χ1) is 13.2. The molecule has 1 saturated heterocycles. The van der Waals surface area contributed by atoms with Gasteiger partial charge in [-0.05, 0) is 12.1 Å². The van der Waals surface area contributed by atoms with Crippen molar-refractivity contribution < 1.29 is 31.8 Å². The Morgan fingerprint density at radius 1 is 1.21 bits per heavy atom. The third kappa shape index (κ3) is 3.09. The maximum absolute atomic E-state index is 13.4. The average Bonchev–Trinajstić information content (AvgIpc) is 3.25. The molecule has 2 aliphatic rings. The van der Waals surface area contributed by atoms with E-state index in [1.165, 1.54) is 29.7 Å². The highest BCUT2D eigenvalue weighted by molar-refractivity contribution is 8.18. The van der Waals surface area contributed by atoms with E-state index in [9.17, 15) is 22.4 Å².